The number of aliphatic imine (C=N–C) groups is 4. The van der Waals surface area contributed by atoms with E-state index in [1.165, 1.54) is 5.57 Å². The van der Waals surface area contributed by atoms with Gasteiger partial charge in [-0.1, -0.05) is 18.2 Å². The molecule has 4 atom stereocenters. The second-order valence-corrected chi connectivity index (χ2v) is 5.92. The third-order valence-electron chi connectivity index (χ3n) is 4.51. The van der Waals surface area contributed by atoms with Gasteiger partial charge in [0.05, 0.1) is 31.0 Å². The van der Waals surface area contributed by atoms with E-state index in [1.54, 1.807) is 12.4 Å². The van der Waals surface area contributed by atoms with Crippen molar-refractivity contribution >= 4 is 25.0 Å². The van der Waals surface area contributed by atoms with Gasteiger partial charge in [0.15, 0.2) is 0 Å². The molecule has 4 aliphatic heterocycles. The summed E-state index contributed by atoms with van der Waals surface area (Å²) in [5, 5.41) is 3.50. The van der Waals surface area contributed by atoms with E-state index in [-0.39, 0.29) is 24.3 Å². The first-order valence-corrected chi connectivity index (χ1v) is 8.04. The standard InChI is InChI=1S/C17H20N6/c1-2-6-22-16(5-1)23-12-19-10-13(14-4-3-7-20-14)17(23)15-11-18-8-9-21-15/h1-4,6,8-10,12,14-17,20H,5,7,11H2. The van der Waals surface area contributed by atoms with Crippen LogP contribution in [0.5, 0.6) is 0 Å². The van der Waals surface area contributed by atoms with Gasteiger partial charge in [0.2, 0.25) is 0 Å². The van der Waals surface area contributed by atoms with Gasteiger partial charge >= 0.3 is 0 Å². The molecule has 0 saturated carbocycles. The van der Waals surface area contributed by atoms with Crippen LogP contribution in [0.2, 0.25) is 0 Å². The number of hydrogen-bond donors (Lipinski definition) is 1. The molecule has 23 heavy (non-hydrogen) atoms. The zero-order valence-electron chi connectivity index (χ0n) is 12.9. The first-order valence-electron chi connectivity index (χ1n) is 8.04. The molecule has 0 aliphatic carbocycles. The van der Waals surface area contributed by atoms with Gasteiger partial charge in [-0.05, 0) is 11.6 Å². The van der Waals surface area contributed by atoms with Crippen LogP contribution in [0.3, 0.4) is 0 Å². The van der Waals surface area contributed by atoms with Crippen LogP contribution in [0.1, 0.15) is 6.42 Å². The molecule has 0 bridgehead atoms. The number of nitrogens with zero attached hydrogens (tertiary/aromatic N) is 5. The van der Waals surface area contributed by atoms with Gasteiger partial charge in [0.25, 0.3) is 0 Å². The summed E-state index contributed by atoms with van der Waals surface area (Å²) in [6.07, 6.45) is 18.8. The number of dihydropyridines is 1. The molecular weight excluding hydrogens is 288 g/mol. The second kappa shape index (κ2) is 6.42. The number of nitrogens with one attached hydrogen (secondary N) is 1. The van der Waals surface area contributed by atoms with E-state index in [9.17, 15) is 0 Å². The van der Waals surface area contributed by atoms with E-state index in [0.717, 1.165) is 13.0 Å². The van der Waals surface area contributed by atoms with E-state index >= 15 is 0 Å². The molecule has 0 aromatic rings. The van der Waals surface area contributed by atoms with Gasteiger partial charge in [0, 0.05) is 37.8 Å². The largest absolute Gasteiger partial charge is 0.331 e. The molecule has 1 N–H and O–H groups in total. The molecule has 0 aromatic heterocycles. The zero-order valence-corrected chi connectivity index (χ0v) is 12.9. The maximum Gasteiger partial charge on any atom is 0.125 e. The second-order valence-electron chi connectivity index (χ2n) is 5.92. The Labute approximate surface area is 135 Å². The highest BCUT2D eigenvalue weighted by atomic mass is 15.3. The van der Waals surface area contributed by atoms with E-state index in [0.29, 0.717) is 6.54 Å². The summed E-state index contributed by atoms with van der Waals surface area (Å²) in [6, 6.07) is 0.425. The van der Waals surface area contributed by atoms with Crippen molar-refractivity contribution in [1.82, 2.24) is 10.2 Å². The lowest BCUT2D eigenvalue weighted by Crippen LogP contribution is -2.53. The predicted octanol–water partition coefficient (Wildman–Crippen LogP) is 0.991. The molecule has 4 rings (SSSR count). The molecule has 0 amide bonds. The first kappa shape index (κ1) is 14.3. The Morgan fingerprint density at radius 2 is 2.13 bits per heavy atom. The van der Waals surface area contributed by atoms with E-state index in [2.05, 4.69) is 48.4 Å². The number of allylic oxidation sites excluding steroid dienone is 1. The molecule has 0 saturated heterocycles. The lowest BCUT2D eigenvalue weighted by atomic mass is 9.91. The lowest BCUT2D eigenvalue weighted by Gasteiger charge is -2.42. The summed E-state index contributed by atoms with van der Waals surface area (Å²) in [7, 11) is 0. The molecule has 0 aromatic carbocycles. The van der Waals surface area contributed by atoms with Crippen molar-refractivity contribution in [3.8, 4) is 0 Å². The Morgan fingerprint density at radius 1 is 1.13 bits per heavy atom. The fraction of sp³-hybridized carbons (Fsp3) is 0.412. The van der Waals surface area contributed by atoms with Crippen LogP contribution in [0.4, 0.5) is 0 Å². The van der Waals surface area contributed by atoms with Crippen LogP contribution in [-0.4, -0.2) is 67.3 Å². The Balaban J connectivity index is 1.66. The van der Waals surface area contributed by atoms with Gasteiger partial charge < -0.3 is 10.2 Å². The van der Waals surface area contributed by atoms with Crippen LogP contribution < -0.4 is 5.32 Å². The van der Waals surface area contributed by atoms with Crippen molar-refractivity contribution in [1.29, 1.82) is 0 Å². The molecule has 4 unspecified atom stereocenters. The van der Waals surface area contributed by atoms with Crippen molar-refractivity contribution in [2.24, 2.45) is 20.0 Å². The van der Waals surface area contributed by atoms with Crippen molar-refractivity contribution in [3.05, 3.63) is 36.1 Å². The molecule has 0 spiro atoms. The summed E-state index contributed by atoms with van der Waals surface area (Å²) < 4.78 is 0. The van der Waals surface area contributed by atoms with Crippen LogP contribution >= 0.6 is 0 Å². The maximum absolute atomic E-state index is 4.68. The van der Waals surface area contributed by atoms with Crippen LogP contribution in [0.25, 0.3) is 0 Å². The van der Waals surface area contributed by atoms with E-state index in [4.69, 9.17) is 0 Å². The van der Waals surface area contributed by atoms with Crippen LogP contribution in [0, 0.1) is 0 Å². The van der Waals surface area contributed by atoms with E-state index < -0.39 is 0 Å². The van der Waals surface area contributed by atoms with E-state index in [1.807, 2.05) is 24.8 Å². The Morgan fingerprint density at radius 3 is 2.87 bits per heavy atom. The predicted molar refractivity (Wildman–Crippen MR) is 94.8 cm³/mol. The smallest absolute Gasteiger partial charge is 0.125 e. The quantitative estimate of drug-likeness (QED) is 0.790. The minimum Gasteiger partial charge on any atom is -0.331 e. The highest BCUT2D eigenvalue weighted by molar-refractivity contribution is 6.16. The Kier molecular flexibility index (Phi) is 3.98. The van der Waals surface area contributed by atoms with Crippen molar-refractivity contribution < 1.29 is 0 Å². The average molecular weight is 308 g/mol. The Bertz CT molecular complexity index is 654. The molecule has 118 valence electrons. The maximum atomic E-state index is 4.68. The summed E-state index contributed by atoms with van der Waals surface area (Å²) in [5.41, 5.74) is 1.24. The fourth-order valence-corrected chi connectivity index (χ4v) is 3.42. The minimum atomic E-state index is 0.0731. The van der Waals surface area contributed by atoms with Crippen LogP contribution in [-0.2, 0) is 0 Å². The van der Waals surface area contributed by atoms with Gasteiger partial charge in [-0.3, -0.25) is 15.0 Å². The van der Waals surface area contributed by atoms with Gasteiger partial charge in [0.1, 0.15) is 6.17 Å². The van der Waals surface area contributed by atoms with Gasteiger partial charge in [-0.25, -0.2) is 4.99 Å². The third kappa shape index (κ3) is 2.82. The summed E-state index contributed by atoms with van der Waals surface area (Å²) in [4.78, 5) is 20.4. The zero-order chi connectivity index (χ0) is 15.5. The highest BCUT2D eigenvalue weighted by Gasteiger charge is 2.37. The SMILES string of the molecule is C1=CCC(N2C=NC=C(C3C=CCN3)C2C2CN=CC=N2)N=C1. The molecule has 4 aliphatic rings. The van der Waals surface area contributed by atoms with Gasteiger partial charge in [-0.2, -0.15) is 0 Å². The van der Waals surface area contributed by atoms with Crippen molar-refractivity contribution in [2.75, 3.05) is 13.1 Å². The molecule has 0 fully saturated rings. The highest BCUT2D eigenvalue weighted by Crippen LogP contribution is 2.28. The number of hydrogen-bond acceptors (Lipinski definition) is 6. The molecule has 4 heterocycles. The molecule has 6 heteroatoms. The van der Waals surface area contributed by atoms with Gasteiger partial charge in [-0.15, -0.1) is 0 Å². The monoisotopic (exact) mass is 308 g/mol. The topological polar surface area (TPSA) is 64.7 Å². The summed E-state index contributed by atoms with van der Waals surface area (Å²) >= 11 is 0. The minimum absolute atomic E-state index is 0.0731. The Hall–Kier alpha value is -2.34. The average Bonchev–Trinajstić information content (AvgIpc) is 3.17. The summed E-state index contributed by atoms with van der Waals surface area (Å²) in [6.45, 7) is 1.60. The van der Waals surface area contributed by atoms with Crippen LogP contribution in [0.15, 0.2) is 56.0 Å². The third-order valence-corrected chi connectivity index (χ3v) is 4.51. The van der Waals surface area contributed by atoms with Crippen molar-refractivity contribution in [3.63, 3.8) is 0 Å². The lowest BCUT2D eigenvalue weighted by molar-refractivity contribution is 0.238. The molecule has 6 nitrogen and oxygen atoms in total. The molecule has 0 radical (unpaired) electrons. The summed E-state index contributed by atoms with van der Waals surface area (Å²) in [5.74, 6) is 0. The fourth-order valence-electron chi connectivity index (χ4n) is 3.42. The normalized spacial score (nSPS) is 35.1. The number of rotatable bonds is 3. The first-order chi connectivity index (χ1) is 11.4. The van der Waals surface area contributed by atoms with Crippen molar-refractivity contribution in [2.45, 2.75) is 30.7 Å². The molecular formula is C17H20N6.